The number of hydrogen-bond donors (Lipinski definition) is 2. The van der Waals surface area contributed by atoms with Crippen LogP contribution in [0.15, 0.2) is 80.2 Å². The van der Waals surface area contributed by atoms with Crippen molar-refractivity contribution in [3.63, 3.8) is 0 Å². The lowest BCUT2D eigenvalue weighted by Crippen LogP contribution is -2.25. The number of nitrogens with zero attached hydrogens (tertiary/aromatic N) is 4. The van der Waals surface area contributed by atoms with E-state index in [1.54, 1.807) is 25.4 Å². The Labute approximate surface area is 208 Å². The molecule has 2 aromatic carbocycles. The van der Waals surface area contributed by atoms with Gasteiger partial charge in [-0.3, -0.25) is 9.59 Å². The summed E-state index contributed by atoms with van der Waals surface area (Å²) >= 11 is 0. The number of ether oxygens (including phenoxy) is 1. The first kappa shape index (κ1) is 24.2. The van der Waals surface area contributed by atoms with Gasteiger partial charge in [0.2, 0.25) is 17.8 Å². The molecule has 2 aromatic heterocycles. The van der Waals surface area contributed by atoms with E-state index >= 15 is 0 Å². The second-order valence-electron chi connectivity index (χ2n) is 7.93. The van der Waals surface area contributed by atoms with E-state index in [0.717, 1.165) is 28.2 Å². The lowest BCUT2D eigenvalue weighted by molar-refractivity contribution is -0.114. The number of rotatable bonds is 8. The van der Waals surface area contributed by atoms with Gasteiger partial charge in [-0.1, -0.05) is 31.4 Å². The Bertz CT molecular complexity index is 1490. The zero-order valence-corrected chi connectivity index (χ0v) is 20.3. The highest BCUT2D eigenvalue weighted by Gasteiger charge is 2.19. The van der Waals surface area contributed by atoms with Crippen molar-refractivity contribution in [2.24, 2.45) is 7.05 Å². The van der Waals surface area contributed by atoms with Crippen LogP contribution < -0.4 is 20.3 Å². The number of methoxy groups -OCH3 is 1. The molecule has 4 rings (SSSR count). The number of para-hydroxylation sites is 1. The van der Waals surface area contributed by atoms with Crippen LogP contribution >= 0.6 is 0 Å². The molecule has 0 aliphatic heterocycles. The number of nitrogens with one attached hydrogen (secondary N) is 2. The molecule has 0 unspecified atom stereocenters. The van der Waals surface area contributed by atoms with Crippen molar-refractivity contribution in [3.05, 3.63) is 80.2 Å². The summed E-state index contributed by atoms with van der Waals surface area (Å²) in [5.74, 6) is -0.0218. The Hall–Kier alpha value is -4.92. The van der Waals surface area contributed by atoms with Crippen molar-refractivity contribution in [3.8, 4) is 17.0 Å². The van der Waals surface area contributed by atoms with Crippen LogP contribution in [0.5, 0.6) is 5.75 Å². The van der Waals surface area contributed by atoms with Crippen LogP contribution in [0.3, 0.4) is 0 Å². The van der Waals surface area contributed by atoms with Crippen molar-refractivity contribution in [2.45, 2.75) is 0 Å². The van der Waals surface area contributed by atoms with Crippen LogP contribution in [-0.2, 0) is 16.6 Å². The molecule has 2 heterocycles. The molecule has 0 radical (unpaired) electrons. The molecule has 4 aromatic rings. The van der Waals surface area contributed by atoms with Gasteiger partial charge < -0.3 is 24.8 Å². The van der Waals surface area contributed by atoms with Crippen molar-refractivity contribution < 1.29 is 14.3 Å². The number of carbonyl (C=O) groups is 2. The predicted molar refractivity (Wildman–Crippen MR) is 143 cm³/mol. The highest BCUT2D eigenvalue weighted by Crippen LogP contribution is 2.38. The molecular formula is C27H26N6O3. The topological polar surface area (TPSA) is 101 Å². The van der Waals surface area contributed by atoms with Gasteiger partial charge in [-0.25, -0.2) is 9.97 Å². The Morgan fingerprint density at radius 2 is 1.89 bits per heavy atom. The molecular weight excluding hydrogens is 456 g/mol. The maximum absolute atomic E-state index is 12.3. The number of amides is 2. The maximum atomic E-state index is 12.3. The van der Waals surface area contributed by atoms with E-state index in [2.05, 4.69) is 45.5 Å². The van der Waals surface area contributed by atoms with E-state index in [4.69, 9.17) is 9.72 Å². The number of carbonyl (C=O) groups excluding carboxylic acids is 2. The van der Waals surface area contributed by atoms with Crippen molar-refractivity contribution >= 4 is 45.7 Å². The van der Waals surface area contributed by atoms with Crippen LogP contribution in [0, 0.1) is 0 Å². The normalized spacial score (nSPS) is 10.5. The quantitative estimate of drug-likeness (QED) is 0.354. The number of anilines is 4. The molecule has 2 N–H and O–H groups in total. The van der Waals surface area contributed by atoms with E-state index in [9.17, 15) is 9.59 Å². The van der Waals surface area contributed by atoms with Crippen LogP contribution in [0.25, 0.3) is 22.2 Å². The van der Waals surface area contributed by atoms with E-state index in [1.807, 2.05) is 31.4 Å². The van der Waals surface area contributed by atoms with E-state index in [1.165, 1.54) is 18.1 Å². The minimum Gasteiger partial charge on any atom is -0.494 e. The summed E-state index contributed by atoms with van der Waals surface area (Å²) in [7, 11) is 5.08. The summed E-state index contributed by atoms with van der Waals surface area (Å²) in [6.07, 6.45) is 6.03. The van der Waals surface area contributed by atoms with Gasteiger partial charge in [0.25, 0.3) is 0 Å². The summed E-state index contributed by atoms with van der Waals surface area (Å²) < 4.78 is 7.62. The van der Waals surface area contributed by atoms with Gasteiger partial charge in [-0.05, 0) is 30.4 Å². The van der Waals surface area contributed by atoms with Crippen LogP contribution in [0.2, 0.25) is 0 Å². The first-order valence-corrected chi connectivity index (χ1v) is 11.1. The zero-order valence-electron chi connectivity index (χ0n) is 20.3. The number of benzene rings is 2. The van der Waals surface area contributed by atoms with E-state index in [0.29, 0.717) is 28.8 Å². The number of fused-ring (bicyclic) bond motifs is 1. The number of aryl methyl sites for hydroxylation is 1. The molecule has 0 bridgehead atoms. The van der Waals surface area contributed by atoms with Crippen molar-refractivity contribution in [1.29, 1.82) is 0 Å². The van der Waals surface area contributed by atoms with Crippen LogP contribution in [0.4, 0.5) is 23.0 Å². The van der Waals surface area contributed by atoms with Gasteiger partial charge in [-0.2, -0.15) is 0 Å². The third kappa shape index (κ3) is 4.67. The molecule has 0 saturated carbocycles. The predicted octanol–water partition coefficient (Wildman–Crippen LogP) is 4.66. The van der Waals surface area contributed by atoms with Gasteiger partial charge in [0.15, 0.2) is 0 Å². The fourth-order valence-electron chi connectivity index (χ4n) is 3.89. The molecule has 9 nitrogen and oxygen atoms in total. The van der Waals surface area contributed by atoms with Crippen molar-refractivity contribution in [2.75, 3.05) is 29.7 Å². The Morgan fingerprint density at radius 1 is 1.11 bits per heavy atom. The lowest BCUT2D eigenvalue weighted by atomic mass is 10.1. The minimum absolute atomic E-state index is 0.336. The molecule has 0 atom stereocenters. The van der Waals surface area contributed by atoms with Crippen molar-refractivity contribution in [1.82, 2.24) is 14.5 Å². The summed E-state index contributed by atoms with van der Waals surface area (Å²) in [6.45, 7) is 7.02. The van der Waals surface area contributed by atoms with E-state index < -0.39 is 5.91 Å². The van der Waals surface area contributed by atoms with Gasteiger partial charge >= 0.3 is 0 Å². The van der Waals surface area contributed by atoms with Gasteiger partial charge in [-0.15, -0.1) is 0 Å². The molecule has 0 aliphatic carbocycles. The maximum Gasteiger partial charge on any atom is 0.250 e. The fourth-order valence-corrected chi connectivity index (χ4v) is 3.89. The second kappa shape index (κ2) is 10.1. The third-order valence-corrected chi connectivity index (χ3v) is 5.70. The van der Waals surface area contributed by atoms with E-state index in [-0.39, 0.29) is 5.91 Å². The molecule has 0 spiro atoms. The highest BCUT2D eigenvalue weighted by molar-refractivity contribution is 6.07. The number of likely N-dealkylation sites (N-methyl/N-ethyl adjacent to an activating group) is 1. The standard InChI is InChI=1S/C27H26N6O3/c1-6-25(34)29-20-14-21(24(36-5)15-23(20)33(4)26(35)7-2)31-27-28-13-12-19(30-27)18-16-32(3)22-11-9-8-10-17(18)22/h6-16H,1-2H2,3-5H3,(H,29,34)(H,28,30,31). The molecule has 36 heavy (non-hydrogen) atoms. The number of aromatic nitrogens is 3. The average molecular weight is 483 g/mol. The Morgan fingerprint density at radius 3 is 2.61 bits per heavy atom. The molecule has 0 fully saturated rings. The first-order chi connectivity index (χ1) is 17.4. The summed E-state index contributed by atoms with van der Waals surface area (Å²) in [6, 6.07) is 13.2. The van der Waals surface area contributed by atoms with Gasteiger partial charge in [0, 0.05) is 49.0 Å². The van der Waals surface area contributed by atoms with Gasteiger partial charge in [0.05, 0.1) is 29.9 Å². The summed E-state index contributed by atoms with van der Waals surface area (Å²) in [5, 5.41) is 6.99. The monoisotopic (exact) mass is 482 g/mol. The Kier molecular flexibility index (Phi) is 6.82. The lowest BCUT2D eigenvalue weighted by Gasteiger charge is -2.22. The van der Waals surface area contributed by atoms with Crippen LogP contribution in [-0.4, -0.2) is 40.5 Å². The first-order valence-electron chi connectivity index (χ1n) is 11.1. The second-order valence-corrected chi connectivity index (χ2v) is 7.93. The number of hydrogen-bond acceptors (Lipinski definition) is 6. The summed E-state index contributed by atoms with van der Waals surface area (Å²) in [4.78, 5) is 34.8. The van der Waals surface area contributed by atoms with Crippen LogP contribution in [0.1, 0.15) is 0 Å². The zero-order chi connectivity index (χ0) is 25.8. The Balaban J connectivity index is 1.76. The molecule has 0 saturated heterocycles. The highest BCUT2D eigenvalue weighted by atomic mass is 16.5. The molecule has 0 aliphatic rings. The summed E-state index contributed by atoms with van der Waals surface area (Å²) in [5.41, 5.74) is 4.10. The largest absolute Gasteiger partial charge is 0.494 e. The SMILES string of the molecule is C=CC(=O)Nc1cc(Nc2nccc(-c3cn(C)c4ccccc34)n2)c(OC)cc1N(C)C(=O)C=C. The fraction of sp³-hybridized carbons (Fsp3) is 0.111. The van der Waals surface area contributed by atoms with Gasteiger partial charge in [0.1, 0.15) is 5.75 Å². The molecule has 2 amide bonds. The minimum atomic E-state index is -0.430. The average Bonchev–Trinajstić information content (AvgIpc) is 3.24. The smallest absolute Gasteiger partial charge is 0.250 e. The third-order valence-electron chi connectivity index (χ3n) is 5.70. The molecule has 182 valence electrons. The molecule has 9 heteroatoms.